The monoisotopic (exact) mass is 477 g/mol. The lowest BCUT2D eigenvalue weighted by atomic mass is 9.98. The predicted molar refractivity (Wildman–Crippen MR) is 133 cm³/mol. The molecule has 2 aromatic heterocycles. The van der Waals surface area contributed by atoms with E-state index < -0.39 is 0 Å². The van der Waals surface area contributed by atoms with E-state index in [1.54, 1.807) is 0 Å². The summed E-state index contributed by atoms with van der Waals surface area (Å²) in [5.74, 6) is 1.43. The van der Waals surface area contributed by atoms with E-state index in [0.29, 0.717) is 17.5 Å². The van der Waals surface area contributed by atoms with Gasteiger partial charge in [-0.05, 0) is 45.7 Å². The molecule has 5 aromatic rings. The highest BCUT2D eigenvalue weighted by molar-refractivity contribution is 6.35. The second-order valence-electron chi connectivity index (χ2n) is 7.38. The molecule has 0 atom stereocenters. The van der Waals surface area contributed by atoms with E-state index in [0.717, 1.165) is 51.0 Å². The number of aromatic amines is 1. The molecule has 0 amide bonds. The smallest absolute Gasteiger partial charge is 0.180 e. The van der Waals surface area contributed by atoms with Gasteiger partial charge in [0.05, 0.1) is 10.5 Å². The maximum absolute atomic E-state index is 6.37. The van der Waals surface area contributed by atoms with Crippen LogP contribution in [0.5, 0.6) is 5.75 Å². The van der Waals surface area contributed by atoms with Crippen LogP contribution < -0.4 is 4.74 Å². The van der Waals surface area contributed by atoms with Gasteiger partial charge in [0.2, 0.25) is 0 Å². The van der Waals surface area contributed by atoms with Crippen molar-refractivity contribution in [3.8, 4) is 28.3 Å². The Balaban J connectivity index is 0.00000259. The second-order valence-corrected chi connectivity index (χ2v) is 7.79. The van der Waals surface area contributed by atoms with E-state index in [1.165, 1.54) is 0 Å². The second kappa shape index (κ2) is 9.98. The number of rotatable bonds is 6. The molecule has 0 aliphatic carbocycles. The molecule has 3 aromatic carbocycles. The van der Waals surface area contributed by atoms with Gasteiger partial charge < -0.3 is 4.74 Å². The number of fused-ring (bicyclic) bond motifs is 1. The fraction of sp³-hybridized carbons (Fsp3) is 0.120. The lowest BCUT2D eigenvalue weighted by molar-refractivity contribution is 0.309. The molecule has 0 saturated carbocycles. The third-order valence-corrected chi connectivity index (χ3v) is 5.66. The quantitative estimate of drug-likeness (QED) is 0.310. The number of aromatic nitrogens is 5. The molecule has 1 N–H and O–H groups in total. The summed E-state index contributed by atoms with van der Waals surface area (Å²) in [7, 11) is 0. The number of para-hydroxylation sites is 1. The third-order valence-electron chi connectivity index (χ3n) is 5.35. The molecule has 33 heavy (non-hydrogen) atoms. The normalized spacial score (nSPS) is 10.7. The lowest BCUT2D eigenvalue weighted by Crippen LogP contribution is -1.99. The summed E-state index contributed by atoms with van der Waals surface area (Å²) in [5.41, 5.74) is 5.88. The molecular weight excluding hydrogens is 457 g/mol. The average molecular weight is 478 g/mol. The molecule has 0 fully saturated rings. The number of aryl methyl sites for hydroxylation is 1. The Labute approximate surface area is 202 Å². The first kappa shape index (κ1) is 22.7. The van der Waals surface area contributed by atoms with Crippen LogP contribution in [0.4, 0.5) is 0 Å². The first-order valence-corrected chi connectivity index (χ1v) is 10.7. The summed E-state index contributed by atoms with van der Waals surface area (Å²) in [4.78, 5) is 4.65. The molecule has 0 aliphatic rings. The highest BCUT2D eigenvalue weighted by Crippen LogP contribution is 2.32. The summed E-state index contributed by atoms with van der Waals surface area (Å²) in [5, 5.41) is 15.8. The average Bonchev–Trinajstić information content (AvgIpc) is 3.38. The van der Waals surface area contributed by atoms with Gasteiger partial charge in [-0.1, -0.05) is 73.1 Å². The minimum Gasteiger partial charge on any atom is -0.488 e. The Kier molecular flexibility index (Phi) is 6.87. The number of ether oxygens (including phenoxy) is 1. The number of halogens is 2. The Morgan fingerprint density at radius 1 is 0.939 bits per heavy atom. The first-order valence-electron chi connectivity index (χ1n) is 10.4. The molecule has 0 radical (unpaired) electrons. The number of hydrogen-bond donors (Lipinski definition) is 1. The summed E-state index contributed by atoms with van der Waals surface area (Å²) < 4.78 is 6.20. The van der Waals surface area contributed by atoms with Gasteiger partial charge >= 0.3 is 0 Å². The van der Waals surface area contributed by atoms with Crippen LogP contribution >= 0.6 is 24.0 Å². The van der Waals surface area contributed by atoms with Gasteiger partial charge in [0, 0.05) is 22.7 Å². The van der Waals surface area contributed by atoms with Crippen molar-refractivity contribution in [2.45, 2.75) is 20.0 Å². The van der Waals surface area contributed by atoms with Crippen molar-refractivity contribution in [2.75, 3.05) is 0 Å². The van der Waals surface area contributed by atoms with Gasteiger partial charge in [0.1, 0.15) is 12.4 Å². The third kappa shape index (κ3) is 4.67. The van der Waals surface area contributed by atoms with Gasteiger partial charge in [-0.15, -0.1) is 17.5 Å². The minimum atomic E-state index is 0. The number of tetrazole rings is 1. The van der Waals surface area contributed by atoms with Crippen molar-refractivity contribution >= 4 is 34.9 Å². The van der Waals surface area contributed by atoms with E-state index in [4.69, 9.17) is 16.3 Å². The molecule has 0 spiro atoms. The largest absolute Gasteiger partial charge is 0.488 e. The van der Waals surface area contributed by atoms with Crippen molar-refractivity contribution in [2.24, 2.45) is 0 Å². The molecular formula is C25H21Cl2N5O. The Hall–Kier alpha value is -3.48. The van der Waals surface area contributed by atoms with Crippen LogP contribution in [0.3, 0.4) is 0 Å². The van der Waals surface area contributed by atoms with Crippen LogP contribution in [0.2, 0.25) is 5.02 Å². The topological polar surface area (TPSA) is 76.6 Å². The highest BCUT2D eigenvalue weighted by Gasteiger charge is 2.11. The highest BCUT2D eigenvalue weighted by atomic mass is 35.5. The molecule has 5 rings (SSSR count). The zero-order valence-electron chi connectivity index (χ0n) is 17.8. The van der Waals surface area contributed by atoms with Crippen LogP contribution in [0.1, 0.15) is 18.2 Å². The minimum absolute atomic E-state index is 0. The van der Waals surface area contributed by atoms with E-state index in [2.05, 4.69) is 62.9 Å². The van der Waals surface area contributed by atoms with E-state index >= 15 is 0 Å². The van der Waals surface area contributed by atoms with Crippen molar-refractivity contribution < 1.29 is 4.74 Å². The molecule has 8 heteroatoms. The van der Waals surface area contributed by atoms with Gasteiger partial charge in [0.15, 0.2) is 5.82 Å². The fourth-order valence-electron chi connectivity index (χ4n) is 3.69. The predicted octanol–water partition coefficient (Wildman–Crippen LogP) is 6.30. The number of nitrogens with zero attached hydrogens (tertiary/aromatic N) is 4. The molecule has 0 bridgehead atoms. The van der Waals surface area contributed by atoms with Crippen molar-refractivity contribution in [1.82, 2.24) is 25.6 Å². The zero-order chi connectivity index (χ0) is 21.9. The van der Waals surface area contributed by atoms with Gasteiger partial charge in [-0.2, -0.15) is 0 Å². The van der Waals surface area contributed by atoms with Gasteiger partial charge in [-0.3, -0.25) is 4.98 Å². The molecule has 0 saturated heterocycles. The number of hydrogen-bond acceptors (Lipinski definition) is 5. The molecule has 6 nitrogen and oxygen atoms in total. The van der Waals surface area contributed by atoms with E-state index in [-0.39, 0.29) is 12.4 Å². The summed E-state index contributed by atoms with van der Waals surface area (Å²) in [6.45, 7) is 2.52. The lowest BCUT2D eigenvalue weighted by Gasteiger charge is -2.12. The first-order chi connectivity index (χ1) is 15.7. The fourth-order valence-corrected chi connectivity index (χ4v) is 3.91. The molecule has 0 aliphatic heterocycles. The maximum Gasteiger partial charge on any atom is 0.180 e. The van der Waals surface area contributed by atoms with Crippen LogP contribution in [0.25, 0.3) is 33.4 Å². The summed E-state index contributed by atoms with van der Waals surface area (Å²) in [6, 6.07) is 24.1. The van der Waals surface area contributed by atoms with Crippen LogP contribution in [-0.2, 0) is 13.0 Å². The van der Waals surface area contributed by atoms with Gasteiger partial charge in [-0.25, -0.2) is 5.10 Å². The summed E-state index contributed by atoms with van der Waals surface area (Å²) >= 11 is 6.37. The Morgan fingerprint density at radius 2 is 1.73 bits per heavy atom. The molecule has 166 valence electrons. The van der Waals surface area contributed by atoms with Crippen molar-refractivity contribution in [1.29, 1.82) is 0 Å². The van der Waals surface area contributed by atoms with Crippen LogP contribution in [0.15, 0.2) is 72.8 Å². The number of pyridine rings is 1. The van der Waals surface area contributed by atoms with Crippen LogP contribution in [-0.4, -0.2) is 25.6 Å². The molecule has 0 unspecified atom stereocenters. The summed E-state index contributed by atoms with van der Waals surface area (Å²) in [6.07, 6.45) is 0.812. The Morgan fingerprint density at radius 3 is 2.45 bits per heavy atom. The van der Waals surface area contributed by atoms with Crippen molar-refractivity contribution in [3.63, 3.8) is 0 Å². The van der Waals surface area contributed by atoms with Crippen LogP contribution in [0, 0.1) is 0 Å². The van der Waals surface area contributed by atoms with Gasteiger partial charge in [0.25, 0.3) is 0 Å². The van der Waals surface area contributed by atoms with E-state index in [9.17, 15) is 0 Å². The Bertz CT molecular complexity index is 1370. The zero-order valence-corrected chi connectivity index (χ0v) is 19.4. The number of H-pyrrole nitrogens is 1. The van der Waals surface area contributed by atoms with Crippen molar-refractivity contribution in [3.05, 3.63) is 89.1 Å². The molecule has 2 heterocycles. The number of benzene rings is 3. The maximum atomic E-state index is 6.37. The number of nitrogens with one attached hydrogen (secondary N) is 1. The van der Waals surface area contributed by atoms with E-state index in [1.807, 2.05) is 42.5 Å². The SMILES string of the molecule is CCc1cc(OCc2ccc(-c3ccccc3-c3nnn[nH]3)cc2)c2cccc(Cl)c2n1.Cl. The standard InChI is InChI=1S/C25H20ClN5O.ClH/c1-2-18-14-23(21-8-5-9-22(26)24(21)27-18)32-15-16-10-12-17(13-11-16)19-6-3-4-7-20(19)25-28-30-31-29-25;/h3-14H,2,15H2,1H3,(H,28,29,30,31);1H.